The quantitative estimate of drug-likeness (QED) is 0.600. The number of fused-ring (bicyclic) bond motifs is 1. The van der Waals surface area contributed by atoms with Crippen LogP contribution in [0.2, 0.25) is 0 Å². The number of halogens is 1. The van der Waals surface area contributed by atoms with E-state index in [0.717, 1.165) is 16.4 Å². The third-order valence-electron chi connectivity index (χ3n) is 2.42. The molecule has 17 heavy (non-hydrogen) atoms. The van der Waals surface area contributed by atoms with E-state index in [1.54, 1.807) is 34.0 Å². The zero-order valence-electron chi connectivity index (χ0n) is 9.01. The van der Waals surface area contributed by atoms with Gasteiger partial charge in [-0.3, -0.25) is 0 Å². The lowest BCUT2D eigenvalue weighted by Crippen LogP contribution is -1.84. The first-order valence-corrected chi connectivity index (χ1v) is 8.65. The van der Waals surface area contributed by atoms with Crippen molar-refractivity contribution in [1.29, 1.82) is 0 Å². The van der Waals surface area contributed by atoms with E-state index in [9.17, 15) is 0 Å². The predicted molar refractivity (Wildman–Crippen MR) is 80.6 cm³/mol. The average molecular weight is 345 g/mol. The summed E-state index contributed by atoms with van der Waals surface area (Å²) >= 11 is 8.87. The molecule has 0 aromatic carbocycles. The van der Waals surface area contributed by atoms with Crippen LogP contribution in [0.1, 0.15) is 23.2 Å². The topological polar surface area (TPSA) is 25.8 Å². The highest BCUT2D eigenvalue weighted by atomic mass is 79.9. The Kier molecular flexibility index (Phi) is 3.30. The van der Waals surface area contributed by atoms with Gasteiger partial charge in [0.1, 0.15) is 5.01 Å². The minimum Gasteiger partial charge on any atom is -0.143 e. The number of alkyl halides is 1. The second-order valence-electron chi connectivity index (χ2n) is 3.58. The Balaban J connectivity index is 1.98. The molecule has 0 saturated heterocycles. The minimum absolute atomic E-state index is 0.329. The van der Waals surface area contributed by atoms with Crippen molar-refractivity contribution in [3.63, 3.8) is 0 Å². The standard InChI is InChI=1S/C11H9BrN2S3/c1-2-6(12)10-13-14-11(17-10)9-5-8-7(16-9)3-4-15-8/h3-6H,2H2,1H3. The van der Waals surface area contributed by atoms with Crippen LogP contribution in [0.5, 0.6) is 0 Å². The van der Waals surface area contributed by atoms with E-state index < -0.39 is 0 Å². The molecule has 0 N–H and O–H groups in total. The van der Waals surface area contributed by atoms with E-state index in [0.29, 0.717) is 4.83 Å². The van der Waals surface area contributed by atoms with Gasteiger partial charge in [-0.05, 0) is 23.9 Å². The molecule has 2 nitrogen and oxygen atoms in total. The van der Waals surface area contributed by atoms with Crippen LogP contribution in [0.15, 0.2) is 17.5 Å². The first kappa shape index (κ1) is 11.8. The normalized spacial score (nSPS) is 13.3. The van der Waals surface area contributed by atoms with Gasteiger partial charge in [0.15, 0.2) is 5.01 Å². The van der Waals surface area contributed by atoms with Crippen LogP contribution in [0.3, 0.4) is 0 Å². The number of thiophene rings is 2. The molecule has 3 rings (SSSR count). The monoisotopic (exact) mass is 344 g/mol. The molecule has 0 spiro atoms. The van der Waals surface area contributed by atoms with Gasteiger partial charge in [0.2, 0.25) is 0 Å². The van der Waals surface area contributed by atoms with Gasteiger partial charge in [0, 0.05) is 9.40 Å². The van der Waals surface area contributed by atoms with Crippen molar-refractivity contribution in [1.82, 2.24) is 10.2 Å². The van der Waals surface area contributed by atoms with Gasteiger partial charge >= 0.3 is 0 Å². The summed E-state index contributed by atoms with van der Waals surface area (Å²) in [7, 11) is 0. The molecular formula is C11H9BrN2S3. The molecule has 1 atom stereocenters. The molecule has 0 fully saturated rings. The van der Waals surface area contributed by atoms with Crippen LogP contribution in [0.4, 0.5) is 0 Å². The third-order valence-corrected chi connectivity index (χ3v) is 7.10. The van der Waals surface area contributed by atoms with Gasteiger partial charge in [-0.25, -0.2) is 0 Å². The molecule has 3 aromatic heterocycles. The Morgan fingerprint density at radius 2 is 2.18 bits per heavy atom. The largest absolute Gasteiger partial charge is 0.157 e. The van der Waals surface area contributed by atoms with E-state index >= 15 is 0 Å². The van der Waals surface area contributed by atoms with Crippen LogP contribution in [-0.4, -0.2) is 10.2 Å². The summed E-state index contributed by atoms with van der Waals surface area (Å²) in [6.07, 6.45) is 1.04. The summed E-state index contributed by atoms with van der Waals surface area (Å²) in [5.74, 6) is 0. The maximum absolute atomic E-state index is 4.28. The molecular weight excluding hydrogens is 336 g/mol. The van der Waals surface area contributed by atoms with Gasteiger partial charge in [-0.1, -0.05) is 34.2 Å². The van der Waals surface area contributed by atoms with Crippen molar-refractivity contribution in [3.05, 3.63) is 22.5 Å². The maximum atomic E-state index is 4.28. The third kappa shape index (κ3) is 2.19. The van der Waals surface area contributed by atoms with Crippen molar-refractivity contribution in [2.24, 2.45) is 0 Å². The molecule has 0 bridgehead atoms. The highest BCUT2D eigenvalue weighted by molar-refractivity contribution is 9.09. The highest BCUT2D eigenvalue weighted by Gasteiger charge is 2.14. The lowest BCUT2D eigenvalue weighted by molar-refractivity contribution is 0.870. The van der Waals surface area contributed by atoms with E-state index in [1.807, 2.05) is 0 Å². The van der Waals surface area contributed by atoms with Crippen molar-refractivity contribution >= 4 is 59.3 Å². The predicted octanol–water partition coefficient (Wildman–Crippen LogP) is 5.33. The minimum atomic E-state index is 0.329. The summed E-state index contributed by atoms with van der Waals surface area (Å²) in [6, 6.07) is 4.37. The average Bonchev–Trinajstić information content (AvgIpc) is 3.00. The summed E-state index contributed by atoms with van der Waals surface area (Å²) in [4.78, 5) is 1.56. The Morgan fingerprint density at radius 1 is 1.29 bits per heavy atom. The smallest absolute Gasteiger partial charge is 0.143 e. The first-order valence-electron chi connectivity index (χ1n) is 5.23. The Hall–Kier alpha value is -0.300. The van der Waals surface area contributed by atoms with Gasteiger partial charge in [0.05, 0.1) is 9.70 Å². The summed E-state index contributed by atoms with van der Waals surface area (Å²) in [5, 5.41) is 12.8. The number of nitrogens with zero attached hydrogens (tertiary/aromatic N) is 2. The lowest BCUT2D eigenvalue weighted by Gasteiger charge is -1.97. The molecule has 0 aliphatic carbocycles. The SMILES string of the molecule is CCC(Br)c1nnc(-c2cc3sccc3s2)s1. The second kappa shape index (κ2) is 4.76. The number of hydrogen-bond donors (Lipinski definition) is 0. The van der Waals surface area contributed by atoms with Crippen molar-refractivity contribution < 1.29 is 0 Å². The van der Waals surface area contributed by atoms with Gasteiger partial charge in [-0.2, -0.15) is 0 Å². The number of hydrogen-bond acceptors (Lipinski definition) is 5. The van der Waals surface area contributed by atoms with E-state index in [-0.39, 0.29) is 0 Å². The van der Waals surface area contributed by atoms with Crippen molar-refractivity contribution in [2.75, 3.05) is 0 Å². The fourth-order valence-corrected chi connectivity index (χ4v) is 4.93. The fraction of sp³-hybridized carbons (Fsp3) is 0.273. The maximum Gasteiger partial charge on any atom is 0.157 e. The van der Waals surface area contributed by atoms with Gasteiger partial charge in [-0.15, -0.1) is 32.9 Å². The number of aromatic nitrogens is 2. The molecule has 0 aliphatic rings. The van der Waals surface area contributed by atoms with Crippen LogP contribution in [0, 0.1) is 0 Å². The molecule has 3 heterocycles. The van der Waals surface area contributed by atoms with Crippen LogP contribution < -0.4 is 0 Å². The van der Waals surface area contributed by atoms with E-state index in [2.05, 4.69) is 50.6 Å². The summed E-state index contributed by atoms with van der Waals surface area (Å²) in [5.41, 5.74) is 0. The second-order valence-corrected chi connectivity index (χ2v) is 7.73. The molecule has 6 heteroatoms. The molecule has 88 valence electrons. The molecule has 0 amide bonds. The Bertz CT molecular complexity index is 611. The van der Waals surface area contributed by atoms with Gasteiger partial charge < -0.3 is 0 Å². The zero-order chi connectivity index (χ0) is 11.8. The van der Waals surface area contributed by atoms with Crippen LogP contribution in [-0.2, 0) is 0 Å². The van der Waals surface area contributed by atoms with Crippen LogP contribution >= 0.6 is 49.9 Å². The van der Waals surface area contributed by atoms with E-state index in [4.69, 9.17) is 0 Å². The highest BCUT2D eigenvalue weighted by Crippen LogP contribution is 2.39. The van der Waals surface area contributed by atoms with Gasteiger partial charge in [0.25, 0.3) is 0 Å². The van der Waals surface area contributed by atoms with E-state index in [1.165, 1.54) is 14.3 Å². The zero-order valence-corrected chi connectivity index (χ0v) is 13.0. The summed E-state index contributed by atoms with van der Waals surface area (Å²) < 4.78 is 2.68. The lowest BCUT2D eigenvalue weighted by atomic mass is 10.4. The molecule has 0 aliphatic heterocycles. The molecule has 1 unspecified atom stereocenters. The first-order chi connectivity index (χ1) is 8.28. The molecule has 0 radical (unpaired) electrons. The molecule has 3 aromatic rings. The molecule has 0 saturated carbocycles. The summed E-state index contributed by atoms with van der Waals surface area (Å²) in [6.45, 7) is 2.14. The Labute approximate surface area is 119 Å². The van der Waals surface area contributed by atoms with Crippen molar-refractivity contribution in [2.45, 2.75) is 18.2 Å². The van der Waals surface area contributed by atoms with Crippen molar-refractivity contribution in [3.8, 4) is 9.88 Å². The van der Waals surface area contributed by atoms with Crippen LogP contribution in [0.25, 0.3) is 19.3 Å². The fourth-order valence-electron chi connectivity index (χ4n) is 1.51. The number of rotatable bonds is 3. The Morgan fingerprint density at radius 3 is 2.94 bits per heavy atom.